The molecule has 3 rings (SSSR count). The van der Waals surface area contributed by atoms with Crippen molar-refractivity contribution in [2.75, 3.05) is 12.4 Å². The van der Waals surface area contributed by atoms with Gasteiger partial charge in [-0.3, -0.25) is 0 Å². The molecule has 3 heterocycles. The molecule has 0 unspecified atom stereocenters. The minimum Gasteiger partial charge on any atom is -0.373 e. The van der Waals surface area contributed by atoms with Crippen molar-refractivity contribution in [3.63, 3.8) is 0 Å². The van der Waals surface area contributed by atoms with Crippen molar-refractivity contribution >= 4 is 28.6 Å². The van der Waals surface area contributed by atoms with Crippen molar-refractivity contribution in [2.24, 2.45) is 0 Å². The Morgan fingerprint density at radius 2 is 2.17 bits per heavy atom. The Labute approximate surface area is 108 Å². The van der Waals surface area contributed by atoms with Crippen molar-refractivity contribution < 1.29 is 0 Å². The van der Waals surface area contributed by atoms with Gasteiger partial charge in [0.15, 0.2) is 5.65 Å². The molecule has 0 aliphatic carbocycles. The topological polar surface area (TPSA) is 66.5 Å². The summed E-state index contributed by atoms with van der Waals surface area (Å²) in [6.45, 7) is 0. The van der Waals surface area contributed by atoms with Crippen molar-refractivity contribution in [1.29, 1.82) is 0 Å². The quantitative estimate of drug-likeness (QED) is 0.743. The summed E-state index contributed by atoms with van der Waals surface area (Å²) in [6, 6.07) is 5.76. The number of pyridine rings is 1. The maximum atomic E-state index is 5.87. The number of hydrogen-bond donors (Lipinski definition) is 2. The van der Waals surface area contributed by atoms with Gasteiger partial charge in [0.1, 0.15) is 16.5 Å². The van der Waals surface area contributed by atoms with Gasteiger partial charge >= 0.3 is 0 Å². The first kappa shape index (κ1) is 11.0. The Hall–Kier alpha value is -2.14. The molecule has 0 aliphatic rings. The van der Waals surface area contributed by atoms with Crippen LogP contribution in [0.15, 0.2) is 30.6 Å². The average Bonchev–Trinajstić information content (AvgIpc) is 2.81. The third-order valence-corrected chi connectivity index (χ3v) is 2.81. The highest BCUT2D eigenvalue weighted by Gasteiger charge is 2.10. The van der Waals surface area contributed by atoms with E-state index in [2.05, 4.69) is 25.3 Å². The summed E-state index contributed by atoms with van der Waals surface area (Å²) in [5.74, 6) is 0.803. The summed E-state index contributed by atoms with van der Waals surface area (Å²) in [5, 5.41) is 3.37. The number of aromatic amines is 1. The molecule has 0 atom stereocenters. The molecular formula is C12H10ClN5. The molecule has 3 aromatic rings. The first-order valence-electron chi connectivity index (χ1n) is 5.43. The van der Waals surface area contributed by atoms with E-state index >= 15 is 0 Å². The molecule has 0 saturated heterocycles. The lowest BCUT2D eigenvalue weighted by atomic mass is 10.2. The number of fused-ring (bicyclic) bond motifs is 1. The lowest BCUT2D eigenvalue weighted by Crippen LogP contribution is -1.93. The van der Waals surface area contributed by atoms with E-state index in [4.69, 9.17) is 11.6 Å². The zero-order valence-corrected chi connectivity index (χ0v) is 10.4. The Morgan fingerprint density at radius 1 is 1.28 bits per heavy atom. The molecule has 0 radical (unpaired) electrons. The molecule has 2 N–H and O–H groups in total. The van der Waals surface area contributed by atoms with E-state index in [0.29, 0.717) is 10.8 Å². The van der Waals surface area contributed by atoms with E-state index in [-0.39, 0.29) is 0 Å². The molecule has 3 aromatic heterocycles. The van der Waals surface area contributed by atoms with E-state index < -0.39 is 0 Å². The van der Waals surface area contributed by atoms with Crippen LogP contribution in [0.1, 0.15) is 0 Å². The van der Waals surface area contributed by atoms with Crippen molar-refractivity contribution in [3.8, 4) is 11.3 Å². The number of aromatic nitrogens is 4. The van der Waals surface area contributed by atoms with E-state index in [0.717, 1.165) is 22.6 Å². The maximum Gasteiger partial charge on any atom is 0.156 e. The molecule has 0 aliphatic heterocycles. The number of nitrogens with zero attached hydrogens (tertiary/aromatic N) is 3. The van der Waals surface area contributed by atoms with Crippen LogP contribution in [-0.4, -0.2) is 27.0 Å². The van der Waals surface area contributed by atoms with Gasteiger partial charge in [-0.2, -0.15) is 0 Å². The van der Waals surface area contributed by atoms with E-state index in [1.807, 2.05) is 31.4 Å². The number of hydrogen-bond acceptors (Lipinski definition) is 4. The van der Waals surface area contributed by atoms with Gasteiger partial charge in [-0.05, 0) is 12.1 Å². The Morgan fingerprint density at radius 3 is 3.00 bits per heavy atom. The molecule has 90 valence electrons. The molecule has 0 fully saturated rings. The molecule has 0 bridgehead atoms. The van der Waals surface area contributed by atoms with Crippen molar-refractivity contribution in [1.82, 2.24) is 19.9 Å². The second kappa shape index (κ2) is 4.27. The van der Waals surface area contributed by atoms with Crippen LogP contribution in [0.2, 0.25) is 5.15 Å². The fourth-order valence-corrected chi connectivity index (χ4v) is 1.92. The molecule has 0 amide bonds. The van der Waals surface area contributed by atoms with Gasteiger partial charge in [0, 0.05) is 18.8 Å². The van der Waals surface area contributed by atoms with Crippen LogP contribution >= 0.6 is 11.6 Å². The third-order valence-electron chi connectivity index (χ3n) is 2.63. The molecule has 18 heavy (non-hydrogen) atoms. The summed E-state index contributed by atoms with van der Waals surface area (Å²) in [6.07, 6.45) is 3.35. The normalized spacial score (nSPS) is 10.8. The van der Waals surface area contributed by atoms with Gasteiger partial charge in [0.2, 0.25) is 0 Å². The zero-order valence-electron chi connectivity index (χ0n) is 9.61. The first-order chi connectivity index (χ1) is 8.78. The van der Waals surface area contributed by atoms with Crippen molar-refractivity contribution in [2.45, 2.75) is 0 Å². The summed E-state index contributed by atoms with van der Waals surface area (Å²) in [4.78, 5) is 16.0. The smallest absolute Gasteiger partial charge is 0.156 e. The van der Waals surface area contributed by atoms with Gasteiger partial charge in [-0.15, -0.1) is 0 Å². The van der Waals surface area contributed by atoms with Crippen LogP contribution in [-0.2, 0) is 0 Å². The van der Waals surface area contributed by atoms with Gasteiger partial charge in [0.05, 0.1) is 11.9 Å². The third kappa shape index (κ3) is 1.78. The number of anilines is 1. The minimum absolute atomic E-state index is 0.369. The Balaban J connectivity index is 2.21. The molecule has 6 heteroatoms. The molecule has 0 aromatic carbocycles. The summed E-state index contributed by atoms with van der Waals surface area (Å²) >= 11 is 5.87. The molecular weight excluding hydrogens is 250 g/mol. The van der Waals surface area contributed by atoms with Gasteiger partial charge in [-0.1, -0.05) is 17.7 Å². The standard InChI is InChI=1S/C12H10ClN5/c1-14-10-4-2-3-8(17-10)7-5-15-12-11(7)18-9(13)6-16-12/h2-6H,1H3,(H,14,17)(H,15,16). The highest BCUT2D eigenvalue weighted by atomic mass is 35.5. The highest BCUT2D eigenvalue weighted by molar-refractivity contribution is 6.29. The predicted octanol–water partition coefficient (Wildman–Crippen LogP) is 2.71. The Bertz CT molecular complexity index is 707. The van der Waals surface area contributed by atoms with E-state index in [9.17, 15) is 0 Å². The van der Waals surface area contributed by atoms with Crippen LogP contribution < -0.4 is 5.32 Å². The first-order valence-corrected chi connectivity index (χ1v) is 5.80. The second-order valence-electron chi connectivity index (χ2n) is 3.75. The number of nitrogens with one attached hydrogen (secondary N) is 2. The zero-order chi connectivity index (χ0) is 12.5. The largest absolute Gasteiger partial charge is 0.373 e. The van der Waals surface area contributed by atoms with Gasteiger partial charge < -0.3 is 10.3 Å². The monoisotopic (exact) mass is 259 g/mol. The minimum atomic E-state index is 0.369. The van der Waals surface area contributed by atoms with Crippen LogP contribution in [0.5, 0.6) is 0 Å². The SMILES string of the molecule is CNc1cccc(-c2c[nH]c3ncc(Cl)nc23)n1. The van der Waals surface area contributed by atoms with Crippen LogP contribution in [0.4, 0.5) is 5.82 Å². The summed E-state index contributed by atoms with van der Waals surface area (Å²) in [5.41, 5.74) is 3.14. The summed E-state index contributed by atoms with van der Waals surface area (Å²) < 4.78 is 0. The maximum absolute atomic E-state index is 5.87. The van der Waals surface area contributed by atoms with Crippen LogP contribution in [0.25, 0.3) is 22.4 Å². The average molecular weight is 260 g/mol. The van der Waals surface area contributed by atoms with Crippen LogP contribution in [0, 0.1) is 0 Å². The molecule has 0 spiro atoms. The molecule has 0 saturated carbocycles. The fraction of sp³-hybridized carbons (Fsp3) is 0.0833. The number of halogens is 1. The molecule has 5 nitrogen and oxygen atoms in total. The lowest BCUT2D eigenvalue weighted by molar-refractivity contribution is 1.26. The predicted molar refractivity (Wildman–Crippen MR) is 71.7 cm³/mol. The van der Waals surface area contributed by atoms with Crippen LogP contribution in [0.3, 0.4) is 0 Å². The van der Waals surface area contributed by atoms with Gasteiger partial charge in [0.25, 0.3) is 0 Å². The second-order valence-corrected chi connectivity index (χ2v) is 4.14. The fourth-order valence-electron chi connectivity index (χ4n) is 1.79. The van der Waals surface area contributed by atoms with Gasteiger partial charge in [-0.25, -0.2) is 15.0 Å². The number of H-pyrrole nitrogens is 1. The van der Waals surface area contributed by atoms with E-state index in [1.165, 1.54) is 6.20 Å². The lowest BCUT2D eigenvalue weighted by Gasteiger charge is -2.02. The summed E-state index contributed by atoms with van der Waals surface area (Å²) in [7, 11) is 1.83. The highest BCUT2D eigenvalue weighted by Crippen LogP contribution is 2.26. The number of rotatable bonds is 2. The van der Waals surface area contributed by atoms with E-state index in [1.54, 1.807) is 0 Å². The van der Waals surface area contributed by atoms with Crippen molar-refractivity contribution in [3.05, 3.63) is 35.7 Å². The Kier molecular flexibility index (Phi) is 2.60.